The highest BCUT2D eigenvalue weighted by molar-refractivity contribution is 7.89. The van der Waals surface area contributed by atoms with E-state index in [1.165, 1.54) is 0 Å². The molecule has 146 valence electrons. The minimum Gasteiger partial charge on any atom is -0.378 e. The first-order chi connectivity index (χ1) is 13.1. The van der Waals surface area contributed by atoms with Crippen molar-refractivity contribution in [3.8, 4) is 11.3 Å². The first-order valence-electron chi connectivity index (χ1n) is 9.15. The molecule has 2 saturated heterocycles. The van der Waals surface area contributed by atoms with Crippen LogP contribution in [0.4, 0.5) is 5.95 Å². The van der Waals surface area contributed by atoms with Crippen molar-refractivity contribution in [2.45, 2.75) is 19.4 Å². The van der Waals surface area contributed by atoms with E-state index in [0.29, 0.717) is 37.9 Å². The third-order valence-corrected chi connectivity index (χ3v) is 6.65. The van der Waals surface area contributed by atoms with Gasteiger partial charge in [-0.05, 0) is 12.8 Å². The van der Waals surface area contributed by atoms with Gasteiger partial charge in [-0.15, -0.1) is 5.10 Å². The second-order valence-electron chi connectivity index (χ2n) is 6.66. The van der Waals surface area contributed by atoms with Gasteiger partial charge in [-0.3, -0.25) is 4.68 Å². The Labute approximate surface area is 158 Å². The van der Waals surface area contributed by atoms with Crippen molar-refractivity contribution in [3.05, 3.63) is 18.6 Å². The lowest BCUT2D eigenvalue weighted by atomic mass is 10.3. The van der Waals surface area contributed by atoms with E-state index in [0.717, 1.165) is 31.5 Å². The van der Waals surface area contributed by atoms with Crippen molar-refractivity contribution in [1.82, 2.24) is 29.3 Å². The molecule has 2 fully saturated rings. The molecule has 0 saturated carbocycles. The van der Waals surface area contributed by atoms with Crippen LogP contribution in [0.1, 0.15) is 12.8 Å². The van der Waals surface area contributed by atoms with Gasteiger partial charge in [0.1, 0.15) is 5.69 Å². The Hall–Kier alpha value is -2.11. The lowest BCUT2D eigenvalue weighted by Gasteiger charge is -2.26. The maximum absolute atomic E-state index is 12.3. The fraction of sp³-hybridized carbons (Fsp3) is 0.625. The summed E-state index contributed by atoms with van der Waals surface area (Å²) in [6.07, 6.45) is 7.03. The number of rotatable bonds is 6. The summed E-state index contributed by atoms with van der Waals surface area (Å²) >= 11 is 0. The highest BCUT2D eigenvalue weighted by Gasteiger charge is 2.25. The summed E-state index contributed by atoms with van der Waals surface area (Å²) in [5, 5.41) is 8.15. The number of aryl methyl sites for hydroxylation is 1. The molecule has 2 aliphatic rings. The van der Waals surface area contributed by atoms with Gasteiger partial charge in [0, 0.05) is 44.1 Å². The van der Waals surface area contributed by atoms with Gasteiger partial charge in [0.25, 0.3) is 0 Å². The Bertz CT molecular complexity index is 856. The predicted molar refractivity (Wildman–Crippen MR) is 98.7 cm³/mol. The third kappa shape index (κ3) is 4.25. The number of aromatic nitrogens is 5. The lowest BCUT2D eigenvalue weighted by Crippen LogP contribution is -2.37. The van der Waals surface area contributed by atoms with Crippen molar-refractivity contribution in [3.63, 3.8) is 0 Å². The smallest absolute Gasteiger partial charge is 0.225 e. The van der Waals surface area contributed by atoms with Crippen LogP contribution in [0.15, 0.2) is 18.6 Å². The quantitative estimate of drug-likeness (QED) is 0.675. The summed E-state index contributed by atoms with van der Waals surface area (Å²) in [7, 11) is -3.23. The Kier molecular flexibility index (Phi) is 5.32. The standard InChI is InChI=1S/C16H23N7O3S/c24-27(25,23-3-1-2-4-23)10-7-22-13-15(19-20-22)14-11-17-16(18-12-14)21-5-8-26-9-6-21/h11-13H,1-10H2. The van der Waals surface area contributed by atoms with Gasteiger partial charge >= 0.3 is 0 Å². The topological polar surface area (TPSA) is 106 Å². The molecule has 4 rings (SSSR count). The Morgan fingerprint density at radius 1 is 1.04 bits per heavy atom. The molecule has 0 spiro atoms. The fourth-order valence-electron chi connectivity index (χ4n) is 3.22. The second kappa shape index (κ2) is 7.87. The lowest BCUT2D eigenvalue weighted by molar-refractivity contribution is 0.122. The molecule has 27 heavy (non-hydrogen) atoms. The summed E-state index contributed by atoms with van der Waals surface area (Å²) in [5.41, 5.74) is 1.38. The molecule has 0 radical (unpaired) electrons. The number of ether oxygens (including phenoxy) is 1. The van der Waals surface area contributed by atoms with Gasteiger partial charge in [-0.2, -0.15) is 0 Å². The predicted octanol–water partition coefficient (Wildman–Crippen LogP) is -0.00270. The number of morpholine rings is 1. The Morgan fingerprint density at radius 2 is 1.74 bits per heavy atom. The zero-order chi connectivity index (χ0) is 18.7. The molecule has 4 heterocycles. The van der Waals surface area contributed by atoms with Crippen LogP contribution in [-0.4, -0.2) is 82.8 Å². The molecule has 2 aromatic rings. The monoisotopic (exact) mass is 393 g/mol. The van der Waals surface area contributed by atoms with E-state index in [1.807, 2.05) is 0 Å². The van der Waals surface area contributed by atoms with Crippen molar-refractivity contribution >= 4 is 16.0 Å². The molecule has 0 aromatic carbocycles. The molecule has 0 aliphatic carbocycles. The van der Waals surface area contributed by atoms with Crippen LogP contribution in [0.3, 0.4) is 0 Å². The number of sulfonamides is 1. The van der Waals surface area contributed by atoms with Crippen molar-refractivity contribution < 1.29 is 13.2 Å². The minimum atomic E-state index is -3.23. The summed E-state index contributed by atoms with van der Waals surface area (Å²) in [6, 6.07) is 0. The van der Waals surface area contributed by atoms with Crippen LogP contribution in [-0.2, 0) is 21.3 Å². The zero-order valence-electron chi connectivity index (χ0n) is 15.1. The molecule has 10 nitrogen and oxygen atoms in total. The van der Waals surface area contributed by atoms with E-state index in [-0.39, 0.29) is 12.3 Å². The van der Waals surface area contributed by atoms with Crippen LogP contribution in [0.2, 0.25) is 0 Å². The summed E-state index contributed by atoms with van der Waals surface area (Å²) in [5.74, 6) is 0.702. The highest BCUT2D eigenvalue weighted by Crippen LogP contribution is 2.17. The van der Waals surface area contributed by atoms with Crippen molar-refractivity contribution in [2.75, 3.05) is 50.0 Å². The average molecular weight is 393 g/mol. The van der Waals surface area contributed by atoms with Gasteiger partial charge in [-0.1, -0.05) is 5.21 Å². The minimum absolute atomic E-state index is 0.0300. The van der Waals surface area contributed by atoms with E-state index in [9.17, 15) is 8.42 Å². The van der Waals surface area contributed by atoms with E-state index in [2.05, 4.69) is 25.2 Å². The summed E-state index contributed by atoms with van der Waals surface area (Å²) in [4.78, 5) is 10.9. The number of hydrogen-bond acceptors (Lipinski definition) is 8. The maximum Gasteiger partial charge on any atom is 0.225 e. The Morgan fingerprint density at radius 3 is 2.44 bits per heavy atom. The van der Waals surface area contributed by atoms with Crippen LogP contribution in [0, 0.1) is 0 Å². The normalized spacial score (nSPS) is 18.9. The number of hydrogen-bond donors (Lipinski definition) is 0. The van der Waals surface area contributed by atoms with Gasteiger partial charge in [0.15, 0.2) is 0 Å². The van der Waals surface area contributed by atoms with Gasteiger partial charge in [-0.25, -0.2) is 22.7 Å². The largest absolute Gasteiger partial charge is 0.378 e. The SMILES string of the molecule is O=S(=O)(CCn1cc(-c2cnc(N3CCOCC3)nc2)nn1)N1CCCC1. The molecular formula is C16H23N7O3S. The first-order valence-corrected chi connectivity index (χ1v) is 10.8. The molecule has 0 N–H and O–H groups in total. The maximum atomic E-state index is 12.3. The van der Waals surface area contributed by atoms with Crippen molar-refractivity contribution in [1.29, 1.82) is 0 Å². The van der Waals surface area contributed by atoms with Crippen molar-refractivity contribution in [2.24, 2.45) is 0 Å². The first kappa shape index (κ1) is 18.3. The van der Waals surface area contributed by atoms with Crippen LogP contribution >= 0.6 is 0 Å². The fourth-order valence-corrected chi connectivity index (χ4v) is 4.71. The van der Waals surface area contributed by atoms with Crippen LogP contribution < -0.4 is 4.90 Å². The number of nitrogens with zero attached hydrogens (tertiary/aromatic N) is 7. The number of anilines is 1. The van der Waals surface area contributed by atoms with E-state index >= 15 is 0 Å². The molecule has 0 bridgehead atoms. The molecule has 2 aromatic heterocycles. The molecule has 0 atom stereocenters. The van der Waals surface area contributed by atoms with E-state index in [4.69, 9.17) is 4.74 Å². The molecule has 0 unspecified atom stereocenters. The third-order valence-electron chi connectivity index (χ3n) is 4.80. The van der Waals surface area contributed by atoms with E-state index < -0.39 is 10.0 Å². The van der Waals surface area contributed by atoms with Gasteiger partial charge < -0.3 is 9.64 Å². The molecule has 0 amide bonds. The zero-order valence-corrected chi connectivity index (χ0v) is 15.9. The van der Waals surface area contributed by atoms with E-state index in [1.54, 1.807) is 27.6 Å². The van der Waals surface area contributed by atoms with Gasteiger partial charge in [0.2, 0.25) is 16.0 Å². The average Bonchev–Trinajstić information content (AvgIpc) is 3.40. The molecular weight excluding hydrogens is 370 g/mol. The molecule has 11 heteroatoms. The molecule has 2 aliphatic heterocycles. The summed E-state index contributed by atoms with van der Waals surface area (Å²) < 4.78 is 33.0. The van der Waals surface area contributed by atoms with Crippen LogP contribution in [0.25, 0.3) is 11.3 Å². The Balaban J connectivity index is 1.38. The second-order valence-corrected chi connectivity index (χ2v) is 8.75. The summed E-state index contributed by atoms with van der Waals surface area (Å²) in [6.45, 7) is 4.44. The van der Waals surface area contributed by atoms with Gasteiger partial charge in [0.05, 0.1) is 31.7 Å². The van der Waals surface area contributed by atoms with Crippen LogP contribution in [0.5, 0.6) is 0 Å². The highest BCUT2D eigenvalue weighted by atomic mass is 32.2.